The van der Waals surface area contributed by atoms with Crippen LogP contribution in [0, 0.1) is 0 Å². The van der Waals surface area contributed by atoms with E-state index in [0.717, 1.165) is 10.9 Å². The van der Waals surface area contributed by atoms with Gasteiger partial charge in [-0.1, -0.05) is 35.3 Å². The minimum Gasteiger partial charge on any atom is -0.480 e. The summed E-state index contributed by atoms with van der Waals surface area (Å²) in [6, 6.07) is 21.0. The third-order valence-corrected chi connectivity index (χ3v) is 6.30. The van der Waals surface area contributed by atoms with E-state index >= 15 is 0 Å². The minimum atomic E-state index is -1.24. The summed E-state index contributed by atoms with van der Waals surface area (Å²) in [6.45, 7) is 0. The number of carboxylic acid groups (broad SMARTS) is 2. The summed E-state index contributed by atoms with van der Waals surface area (Å²) in [5.74, 6) is -1.50. The quantitative estimate of drug-likeness (QED) is 0.196. The molecule has 10 heteroatoms. The summed E-state index contributed by atoms with van der Waals surface area (Å²) in [4.78, 5) is 32.7. The molecule has 2 aromatic heterocycles. The number of pyridine rings is 2. The zero-order valence-corrected chi connectivity index (χ0v) is 21.1. The largest absolute Gasteiger partial charge is 0.480 e. The molecule has 0 unspecified atom stereocenters. The first-order chi connectivity index (χ1) is 18.2. The van der Waals surface area contributed by atoms with Crippen LogP contribution in [0.4, 0.5) is 5.82 Å². The van der Waals surface area contributed by atoms with Crippen molar-refractivity contribution in [3.05, 3.63) is 100 Å². The fourth-order valence-corrected chi connectivity index (χ4v) is 4.33. The second kappa shape index (κ2) is 10.5. The number of benzene rings is 3. The molecule has 0 amide bonds. The molecule has 190 valence electrons. The van der Waals surface area contributed by atoms with Crippen LogP contribution in [0.2, 0.25) is 10.0 Å². The molecule has 3 aromatic carbocycles. The molecule has 0 saturated heterocycles. The van der Waals surface area contributed by atoms with E-state index in [1.54, 1.807) is 54.6 Å². The summed E-state index contributed by atoms with van der Waals surface area (Å²) >= 11 is 12.0. The number of fused-ring (bicyclic) bond motifs is 2. The Labute approximate surface area is 226 Å². The van der Waals surface area contributed by atoms with E-state index in [2.05, 4.69) is 15.3 Å². The van der Waals surface area contributed by atoms with Crippen molar-refractivity contribution >= 4 is 62.8 Å². The first-order valence-electron chi connectivity index (χ1n) is 11.4. The van der Waals surface area contributed by atoms with Crippen molar-refractivity contribution in [2.24, 2.45) is 0 Å². The number of hydrogen-bond acceptors (Lipinski definition) is 6. The lowest BCUT2D eigenvalue weighted by Gasteiger charge is -2.17. The zero-order valence-electron chi connectivity index (χ0n) is 19.6. The molecule has 38 heavy (non-hydrogen) atoms. The number of anilines is 1. The van der Waals surface area contributed by atoms with Gasteiger partial charge in [-0.2, -0.15) is 0 Å². The molecule has 0 aliphatic carbocycles. The van der Waals surface area contributed by atoms with Crippen molar-refractivity contribution in [1.82, 2.24) is 9.97 Å². The Bertz CT molecular complexity index is 1690. The molecule has 0 aliphatic heterocycles. The molecular weight excluding hydrogens is 529 g/mol. The Hall–Kier alpha value is -4.40. The predicted octanol–water partition coefficient (Wildman–Crippen LogP) is 6.69. The van der Waals surface area contributed by atoms with Crippen molar-refractivity contribution < 1.29 is 24.5 Å². The van der Waals surface area contributed by atoms with Gasteiger partial charge in [0.2, 0.25) is 5.88 Å². The van der Waals surface area contributed by atoms with Crippen LogP contribution in [-0.2, 0) is 11.2 Å². The Kier molecular flexibility index (Phi) is 7.00. The first kappa shape index (κ1) is 25.3. The van der Waals surface area contributed by atoms with E-state index in [1.165, 1.54) is 6.07 Å². The summed E-state index contributed by atoms with van der Waals surface area (Å²) in [7, 11) is 0. The molecule has 0 bridgehead atoms. The van der Waals surface area contributed by atoms with Crippen LogP contribution in [0.15, 0.2) is 78.9 Å². The number of nitrogens with zero attached hydrogens (tertiary/aromatic N) is 2. The van der Waals surface area contributed by atoms with E-state index in [9.17, 15) is 19.8 Å². The number of ether oxygens (including phenoxy) is 1. The van der Waals surface area contributed by atoms with Crippen LogP contribution < -0.4 is 10.1 Å². The van der Waals surface area contributed by atoms with Crippen LogP contribution in [-0.4, -0.2) is 38.2 Å². The van der Waals surface area contributed by atoms with Crippen molar-refractivity contribution in [3.63, 3.8) is 0 Å². The average molecular weight is 548 g/mol. The van der Waals surface area contributed by atoms with Crippen molar-refractivity contribution in [2.75, 3.05) is 5.32 Å². The van der Waals surface area contributed by atoms with Gasteiger partial charge in [-0.05, 0) is 66.2 Å². The molecule has 2 heterocycles. The van der Waals surface area contributed by atoms with Gasteiger partial charge in [0.1, 0.15) is 23.2 Å². The molecule has 5 aromatic rings. The fraction of sp³-hybridized carbons (Fsp3) is 0.0714. The molecule has 1 atom stereocenters. The summed E-state index contributed by atoms with van der Waals surface area (Å²) < 4.78 is 5.85. The van der Waals surface area contributed by atoms with Crippen molar-refractivity contribution in [3.8, 4) is 11.6 Å². The average Bonchev–Trinajstić information content (AvgIpc) is 2.89. The molecule has 0 spiro atoms. The molecule has 0 fully saturated rings. The Morgan fingerprint density at radius 3 is 2.13 bits per heavy atom. The van der Waals surface area contributed by atoms with E-state index in [4.69, 9.17) is 27.9 Å². The first-order valence-corrected chi connectivity index (χ1v) is 12.2. The van der Waals surface area contributed by atoms with E-state index in [0.29, 0.717) is 38.1 Å². The molecule has 0 radical (unpaired) electrons. The van der Waals surface area contributed by atoms with Gasteiger partial charge in [0, 0.05) is 33.3 Å². The highest BCUT2D eigenvalue weighted by Gasteiger charge is 2.22. The molecule has 5 rings (SSSR count). The van der Waals surface area contributed by atoms with E-state index in [-0.39, 0.29) is 17.8 Å². The summed E-state index contributed by atoms with van der Waals surface area (Å²) in [5, 5.41) is 24.8. The van der Waals surface area contributed by atoms with Gasteiger partial charge in [-0.25, -0.2) is 19.6 Å². The normalized spacial score (nSPS) is 11.8. The summed E-state index contributed by atoms with van der Waals surface area (Å²) in [6.07, 6.45) is 0.0734. The maximum atomic E-state index is 12.0. The van der Waals surface area contributed by atoms with Crippen LogP contribution in [0.1, 0.15) is 15.9 Å². The highest BCUT2D eigenvalue weighted by atomic mass is 35.5. The van der Waals surface area contributed by atoms with Gasteiger partial charge < -0.3 is 20.3 Å². The van der Waals surface area contributed by atoms with Gasteiger partial charge >= 0.3 is 11.9 Å². The minimum absolute atomic E-state index is 0.0386. The van der Waals surface area contributed by atoms with Crippen LogP contribution in [0.5, 0.6) is 11.6 Å². The SMILES string of the molecule is O=C(O)c1cc2cc(Cl)ccc2nc1N[C@@H](Cc1ccc(Oc2ccc3cc(Cl)ccc3n2)cc1)C(=O)O. The van der Waals surface area contributed by atoms with Crippen LogP contribution >= 0.6 is 23.2 Å². The Balaban J connectivity index is 1.33. The summed E-state index contributed by atoms with van der Waals surface area (Å²) in [5.41, 5.74) is 1.77. The lowest BCUT2D eigenvalue weighted by molar-refractivity contribution is -0.137. The Morgan fingerprint density at radius 2 is 1.47 bits per heavy atom. The third kappa shape index (κ3) is 5.61. The van der Waals surface area contributed by atoms with Crippen molar-refractivity contribution in [1.29, 1.82) is 0 Å². The van der Waals surface area contributed by atoms with E-state index in [1.807, 2.05) is 18.2 Å². The topological polar surface area (TPSA) is 122 Å². The number of carboxylic acids is 2. The maximum Gasteiger partial charge on any atom is 0.339 e. The number of hydrogen-bond donors (Lipinski definition) is 3. The lowest BCUT2D eigenvalue weighted by atomic mass is 10.0. The number of nitrogens with one attached hydrogen (secondary N) is 1. The highest BCUT2D eigenvalue weighted by Crippen LogP contribution is 2.27. The Morgan fingerprint density at radius 1 is 0.816 bits per heavy atom. The van der Waals surface area contributed by atoms with E-state index < -0.39 is 18.0 Å². The van der Waals surface area contributed by atoms with Gasteiger partial charge in [-0.3, -0.25) is 0 Å². The standard InChI is InChI=1S/C28H19Cl2N3O5/c29-18-4-8-22-16(12-18)3-10-25(31-22)38-20-6-1-15(2-7-20)11-24(28(36)37)33-26-21(27(34)35)14-17-13-19(30)5-9-23(17)32-26/h1-10,12-14,24H,11H2,(H,32,33)(H,34,35)(H,36,37)/t24-/m0/s1. The molecular formula is C28H19Cl2N3O5. The van der Waals surface area contributed by atoms with Crippen LogP contribution in [0.3, 0.4) is 0 Å². The number of aromatic carboxylic acids is 1. The predicted molar refractivity (Wildman–Crippen MR) is 146 cm³/mol. The fourth-order valence-electron chi connectivity index (χ4n) is 3.97. The number of rotatable bonds is 8. The van der Waals surface area contributed by atoms with Gasteiger partial charge in [0.25, 0.3) is 0 Å². The molecule has 0 saturated carbocycles. The smallest absolute Gasteiger partial charge is 0.339 e. The monoisotopic (exact) mass is 547 g/mol. The van der Waals surface area contributed by atoms with Crippen LogP contribution in [0.25, 0.3) is 21.8 Å². The molecule has 8 nitrogen and oxygen atoms in total. The van der Waals surface area contributed by atoms with Gasteiger partial charge in [-0.15, -0.1) is 0 Å². The lowest BCUT2D eigenvalue weighted by Crippen LogP contribution is -2.32. The van der Waals surface area contributed by atoms with Gasteiger partial charge in [0.05, 0.1) is 11.0 Å². The second-order valence-corrected chi connectivity index (χ2v) is 9.37. The number of aromatic nitrogens is 2. The van der Waals surface area contributed by atoms with Gasteiger partial charge in [0.15, 0.2) is 0 Å². The third-order valence-electron chi connectivity index (χ3n) is 5.83. The number of aliphatic carboxylic acids is 1. The molecule has 3 N–H and O–H groups in total. The molecule has 0 aliphatic rings. The zero-order chi connectivity index (χ0) is 26.8. The number of halogens is 2. The maximum absolute atomic E-state index is 12.0. The second-order valence-electron chi connectivity index (χ2n) is 8.50. The number of carbonyl (C=O) groups is 2. The van der Waals surface area contributed by atoms with Crippen molar-refractivity contribution in [2.45, 2.75) is 12.5 Å². The highest BCUT2D eigenvalue weighted by molar-refractivity contribution is 6.31.